The van der Waals surface area contributed by atoms with Crippen LogP contribution in [0.3, 0.4) is 0 Å². The van der Waals surface area contributed by atoms with E-state index in [1.165, 1.54) is 6.92 Å². The first-order chi connectivity index (χ1) is 17.0. The number of nitrogens with zero attached hydrogens (tertiary/aromatic N) is 3. The number of likely N-dealkylation sites (tertiary alicyclic amines) is 1. The molecule has 1 fully saturated rings. The van der Waals surface area contributed by atoms with Gasteiger partial charge in [-0.2, -0.15) is 0 Å². The van der Waals surface area contributed by atoms with Gasteiger partial charge in [0.05, 0.1) is 21.8 Å². The molecule has 0 N–H and O–H groups in total. The van der Waals surface area contributed by atoms with Gasteiger partial charge in [-0.05, 0) is 31.9 Å². The zero-order chi connectivity index (χ0) is 24.4. The third kappa shape index (κ3) is 4.74. The van der Waals surface area contributed by atoms with Gasteiger partial charge in [-0.15, -0.1) is 11.3 Å². The van der Waals surface area contributed by atoms with Crippen molar-refractivity contribution < 1.29 is 18.8 Å². The fraction of sp³-hybridized carbons (Fsp3) is 0.259. The molecule has 178 valence electrons. The number of esters is 1. The molecule has 0 saturated carbocycles. The minimum atomic E-state index is -0.443. The van der Waals surface area contributed by atoms with Crippen LogP contribution in [0.5, 0.6) is 5.75 Å². The van der Waals surface area contributed by atoms with Gasteiger partial charge in [0.15, 0.2) is 0 Å². The van der Waals surface area contributed by atoms with E-state index in [0.29, 0.717) is 24.4 Å². The lowest BCUT2D eigenvalue weighted by atomic mass is 9.96. The summed E-state index contributed by atoms with van der Waals surface area (Å²) in [5.74, 6) is 0.763. The molecule has 35 heavy (non-hydrogen) atoms. The van der Waals surface area contributed by atoms with Crippen LogP contribution in [0.15, 0.2) is 64.5 Å². The molecule has 1 aliphatic rings. The lowest BCUT2D eigenvalue weighted by molar-refractivity contribution is -0.131. The van der Waals surface area contributed by atoms with Gasteiger partial charge in [-0.1, -0.05) is 47.6 Å². The van der Waals surface area contributed by atoms with Crippen LogP contribution in [-0.2, 0) is 4.79 Å². The average Bonchev–Trinajstić information content (AvgIpc) is 3.51. The SMILES string of the molecule is CC(=O)Oc1ccccc1C(=O)N1CCC(c2nc(-c3c(-c4ccccc4)noc3C)cs2)CC1. The van der Waals surface area contributed by atoms with Gasteiger partial charge in [0.2, 0.25) is 0 Å². The summed E-state index contributed by atoms with van der Waals surface area (Å²) in [7, 11) is 0. The van der Waals surface area contributed by atoms with E-state index in [0.717, 1.165) is 46.1 Å². The first-order valence-electron chi connectivity index (χ1n) is 11.6. The van der Waals surface area contributed by atoms with Crippen molar-refractivity contribution >= 4 is 23.2 Å². The third-order valence-electron chi connectivity index (χ3n) is 6.19. The molecule has 0 bridgehead atoms. The Morgan fingerprint density at radius 1 is 1.06 bits per heavy atom. The molecule has 0 unspecified atom stereocenters. The van der Waals surface area contributed by atoms with E-state index in [2.05, 4.69) is 10.5 Å². The van der Waals surface area contributed by atoms with Crippen molar-refractivity contribution in [2.75, 3.05) is 13.1 Å². The number of aryl methyl sites for hydroxylation is 1. The summed E-state index contributed by atoms with van der Waals surface area (Å²) in [5.41, 5.74) is 4.00. The maximum absolute atomic E-state index is 13.1. The van der Waals surface area contributed by atoms with Gasteiger partial charge in [0.25, 0.3) is 5.91 Å². The number of carbonyl (C=O) groups is 2. The maximum Gasteiger partial charge on any atom is 0.308 e. The molecule has 0 atom stereocenters. The van der Waals surface area contributed by atoms with Gasteiger partial charge in [-0.25, -0.2) is 4.98 Å². The molecule has 1 aliphatic heterocycles. The molecular formula is C27H25N3O4S. The highest BCUT2D eigenvalue weighted by Gasteiger charge is 2.29. The van der Waals surface area contributed by atoms with Crippen molar-refractivity contribution in [1.29, 1.82) is 0 Å². The van der Waals surface area contributed by atoms with Crippen LogP contribution < -0.4 is 4.74 Å². The van der Waals surface area contributed by atoms with Crippen LogP contribution in [-0.4, -0.2) is 40.0 Å². The number of piperidine rings is 1. The summed E-state index contributed by atoms with van der Waals surface area (Å²) in [5, 5.41) is 7.41. The van der Waals surface area contributed by atoms with E-state index in [4.69, 9.17) is 14.2 Å². The highest BCUT2D eigenvalue weighted by atomic mass is 32.1. The summed E-state index contributed by atoms with van der Waals surface area (Å²) in [6.07, 6.45) is 1.64. The van der Waals surface area contributed by atoms with Crippen LogP contribution in [0.2, 0.25) is 0 Å². The first kappa shape index (κ1) is 23.0. The number of ether oxygens (including phenoxy) is 1. The number of carbonyl (C=O) groups excluding carboxylic acids is 2. The van der Waals surface area contributed by atoms with Gasteiger partial charge in [0, 0.05) is 36.9 Å². The van der Waals surface area contributed by atoms with Crippen molar-refractivity contribution in [3.63, 3.8) is 0 Å². The van der Waals surface area contributed by atoms with Crippen LogP contribution in [0.4, 0.5) is 0 Å². The fourth-order valence-corrected chi connectivity index (χ4v) is 5.43. The number of benzene rings is 2. The van der Waals surface area contributed by atoms with Crippen LogP contribution in [0.25, 0.3) is 22.5 Å². The minimum Gasteiger partial charge on any atom is -0.426 e. The van der Waals surface area contributed by atoms with E-state index < -0.39 is 5.97 Å². The Kier molecular flexibility index (Phi) is 6.46. The quantitative estimate of drug-likeness (QED) is 0.264. The summed E-state index contributed by atoms with van der Waals surface area (Å²) in [6.45, 7) is 4.48. The molecule has 3 heterocycles. The van der Waals surface area contributed by atoms with Crippen molar-refractivity contribution in [1.82, 2.24) is 15.0 Å². The second-order valence-corrected chi connectivity index (χ2v) is 9.45. The van der Waals surface area contributed by atoms with E-state index in [1.807, 2.05) is 42.2 Å². The molecule has 2 aromatic heterocycles. The second kappa shape index (κ2) is 9.84. The summed E-state index contributed by atoms with van der Waals surface area (Å²) in [4.78, 5) is 31.3. The molecule has 0 aliphatic carbocycles. The molecule has 7 nitrogen and oxygen atoms in total. The predicted molar refractivity (Wildman–Crippen MR) is 133 cm³/mol. The van der Waals surface area contributed by atoms with Gasteiger partial charge < -0.3 is 14.2 Å². The molecule has 8 heteroatoms. The zero-order valence-electron chi connectivity index (χ0n) is 19.6. The van der Waals surface area contributed by atoms with Gasteiger partial charge in [0.1, 0.15) is 17.2 Å². The van der Waals surface area contributed by atoms with Gasteiger partial charge >= 0.3 is 5.97 Å². The minimum absolute atomic E-state index is 0.118. The molecule has 0 radical (unpaired) electrons. The maximum atomic E-state index is 13.1. The lowest BCUT2D eigenvalue weighted by Gasteiger charge is -2.31. The predicted octanol–water partition coefficient (Wildman–Crippen LogP) is 5.72. The van der Waals surface area contributed by atoms with Crippen LogP contribution in [0, 0.1) is 6.92 Å². The zero-order valence-corrected chi connectivity index (χ0v) is 20.4. The normalized spacial score (nSPS) is 14.2. The smallest absolute Gasteiger partial charge is 0.308 e. The average molecular weight is 488 g/mol. The molecule has 2 aromatic carbocycles. The number of thiazole rings is 1. The lowest BCUT2D eigenvalue weighted by Crippen LogP contribution is -2.38. The Labute approximate surface area is 207 Å². The molecule has 1 saturated heterocycles. The van der Waals surface area contributed by atoms with E-state index in [9.17, 15) is 9.59 Å². The first-order valence-corrected chi connectivity index (χ1v) is 12.4. The largest absolute Gasteiger partial charge is 0.426 e. The van der Waals surface area contributed by atoms with Crippen molar-refractivity contribution in [2.24, 2.45) is 0 Å². The monoisotopic (exact) mass is 487 g/mol. The number of aromatic nitrogens is 2. The number of hydrogen-bond donors (Lipinski definition) is 0. The number of para-hydroxylation sites is 1. The van der Waals surface area contributed by atoms with Crippen LogP contribution >= 0.6 is 11.3 Å². The highest BCUT2D eigenvalue weighted by molar-refractivity contribution is 7.10. The summed E-state index contributed by atoms with van der Waals surface area (Å²) in [6, 6.07) is 16.8. The third-order valence-corrected chi connectivity index (χ3v) is 7.20. The Morgan fingerprint density at radius 2 is 1.77 bits per heavy atom. The standard InChI is InChI=1S/C27H25N3O4S/c1-17-24(25(29-34-17)19-8-4-3-5-9-19)22-16-35-26(28-22)20-12-14-30(15-13-20)27(32)21-10-6-7-11-23(21)33-18(2)31/h3-11,16,20H,12-15H2,1-2H3. The Hall–Kier alpha value is -3.78. The summed E-state index contributed by atoms with van der Waals surface area (Å²) >= 11 is 1.64. The topological polar surface area (TPSA) is 85.5 Å². The van der Waals surface area contributed by atoms with Crippen molar-refractivity contribution in [3.8, 4) is 28.3 Å². The van der Waals surface area contributed by atoms with Crippen LogP contribution in [0.1, 0.15) is 46.8 Å². The molecule has 0 spiro atoms. The Bertz CT molecular complexity index is 1350. The van der Waals surface area contributed by atoms with E-state index in [1.54, 1.807) is 35.6 Å². The number of rotatable bonds is 5. The van der Waals surface area contributed by atoms with Crippen molar-refractivity contribution in [2.45, 2.75) is 32.6 Å². The van der Waals surface area contributed by atoms with E-state index in [-0.39, 0.29) is 11.8 Å². The molecule has 1 amide bonds. The van der Waals surface area contributed by atoms with Gasteiger partial charge in [-0.3, -0.25) is 9.59 Å². The molecule has 4 aromatic rings. The molecule has 5 rings (SSSR count). The highest BCUT2D eigenvalue weighted by Crippen LogP contribution is 2.38. The Balaban J connectivity index is 1.30. The van der Waals surface area contributed by atoms with E-state index >= 15 is 0 Å². The number of amides is 1. The van der Waals surface area contributed by atoms with Crippen molar-refractivity contribution in [3.05, 3.63) is 76.3 Å². The molecular weight excluding hydrogens is 462 g/mol. The number of hydrogen-bond acceptors (Lipinski definition) is 7. The second-order valence-electron chi connectivity index (χ2n) is 8.56. The Morgan fingerprint density at radius 3 is 2.51 bits per heavy atom. The fourth-order valence-electron chi connectivity index (χ4n) is 4.44. The summed E-state index contributed by atoms with van der Waals surface area (Å²) < 4.78 is 10.7.